The number of hydrogen-bond donors (Lipinski definition) is 2. The maximum atomic E-state index is 13.8. The summed E-state index contributed by atoms with van der Waals surface area (Å²) in [6.07, 6.45) is 9.27. The lowest BCUT2D eigenvalue weighted by molar-refractivity contribution is 0.183. The van der Waals surface area contributed by atoms with Crippen LogP contribution < -0.4 is 15.4 Å². The minimum absolute atomic E-state index is 0.209. The largest absolute Gasteiger partial charge is 0.488 e. The van der Waals surface area contributed by atoms with Crippen LogP contribution in [0.4, 0.5) is 4.39 Å². The summed E-state index contributed by atoms with van der Waals surface area (Å²) in [7, 11) is 0. The second kappa shape index (κ2) is 8.04. The van der Waals surface area contributed by atoms with Gasteiger partial charge in [-0.3, -0.25) is 0 Å². The minimum atomic E-state index is -0.455. The standard InChI is InChI=1S/C24H30FN3O/c25-23-17(4-3-12-27-23)15-29-22-6-2-1-5-19(22)20-14-21(20)28-18-7-9-24(10-8-18)11-13-26-16-24/h1-6,12,18,20-21,26,28H,7-11,13-16H2/t18?,20-,21+,24?/m0/s1. The van der Waals surface area contributed by atoms with Crippen molar-refractivity contribution in [3.63, 3.8) is 0 Å². The van der Waals surface area contributed by atoms with Gasteiger partial charge in [0.25, 0.3) is 0 Å². The zero-order valence-electron chi connectivity index (χ0n) is 16.9. The molecule has 1 aromatic heterocycles. The Labute approximate surface area is 172 Å². The number of hydrogen-bond acceptors (Lipinski definition) is 4. The highest BCUT2D eigenvalue weighted by Gasteiger charge is 2.43. The third kappa shape index (κ3) is 4.17. The fourth-order valence-electron chi connectivity index (χ4n) is 5.25. The molecule has 2 N–H and O–H groups in total. The molecule has 2 aromatic rings. The molecule has 3 fully saturated rings. The minimum Gasteiger partial charge on any atom is -0.488 e. The smallest absolute Gasteiger partial charge is 0.219 e. The maximum Gasteiger partial charge on any atom is 0.219 e. The number of rotatable bonds is 6. The van der Waals surface area contributed by atoms with E-state index in [2.05, 4.69) is 27.8 Å². The highest BCUT2D eigenvalue weighted by atomic mass is 19.1. The summed E-state index contributed by atoms with van der Waals surface area (Å²) in [5.74, 6) is 0.905. The molecule has 2 atom stereocenters. The summed E-state index contributed by atoms with van der Waals surface area (Å²) in [5.41, 5.74) is 2.32. The summed E-state index contributed by atoms with van der Waals surface area (Å²) >= 11 is 0. The van der Waals surface area contributed by atoms with E-state index in [4.69, 9.17) is 4.74 Å². The summed E-state index contributed by atoms with van der Waals surface area (Å²) in [6.45, 7) is 2.62. The quantitative estimate of drug-likeness (QED) is 0.721. The lowest BCUT2D eigenvalue weighted by Gasteiger charge is -2.37. The van der Waals surface area contributed by atoms with Crippen LogP contribution in [0.1, 0.15) is 55.6 Å². The van der Waals surface area contributed by atoms with Gasteiger partial charge in [0.2, 0.25) is 5.95 Å². The third-order valence-electron chi connectivity index (χ3n) is 7.16. The molecule has 1 spiro atoms. The zero-order chi connectivity index (χ0) is 19.7. The van der Waals surface area contributed by atoms with E-state index >= 15 is 0 Å². The van der Waals surface area contributed by atoms with Gasteiger partial charge in [0.15, 0.2) is 0 Å². The number of nitrogens with zero attached hydrogens (tertiary/aromatic N) is 1. The number of benzene rings is 1. The summed E-state index contributed by atoms with van der Waals surface area (Å²) in [6, 6.07) is 12.9. The predicted octanol–water partition coefficient (Wildman–Crippen LogP) is 4.17. The molecule has 0 radical (unpaired) electrons. The SMILES string of the molecule is Fc1ncccc1COc1ccccc1[C@@H]1C[C@H]1NC1CCC2(CCNC2)CC1. The Morgan fingerprint density at radius 3 is 2.79 bits per heavy atom. The first-order valence-electron chi connectivity index (χ1n) is 11.0. The monoisotopic (exact) mass is 395 g/mol. The first-order chi connectivity index (χ1) is 14.2. The zero-order valence-corrected chi connectivity index (χ0v) is 16.9. The molecule has 1 aliphatic heterocycles. The van der Waals surface area contributed by atoms with Gasteiger partial charge in [-0.15, -0.1) is 0 Å². The van der Waals surface area contributed by atoms with Crippen LogP contribution in [0.25, 0.3) is 0 Å². The Balaban J connectivity index is 1.17. The number of nitrogens with one attached hydrogen (secondary N) is 2. The number of ether oxygens (including phenoxy) is 1. The second-order valence-electron chi connectivity index (χ2n) is 9.10. The molecule has 2 heterocycles. The van der Waals surface area contributed by atoms with Gasteiger partial charge in [-0.2, -0.15) is 4.39 Å². The Morgan fingerprint density at radius 2 is 2.00 bits per heavy atom. The second-order valence-corrected chi connectivity index (χ2v) is 9.10. The van der Waals surface area contributed by atoms with Crippen LogP contribution in [0.15, 0.2) is 42.6 Å². The van der Waals surface area contributed by atoms with Crippen molar-refractivity contribution in [3.05, 3.63) is 59.7 Å². The number of aromatic nitrogens is 1. The Hall–Kier alpha value is -1.98. The Kier molecular flexibility index (Phi) is 5.27. The number of pyridine rings is 1. The molecular formula is C24H30FN3O. The highest BCUT2D eigenvalue weighted by Crippen LogP contribution is 2.47. The topological polar surface area (TPSA) is 46.2 Å². The van der Waals surface area contributed by atoms with Crippen LogP contribution >= 0.6 is 0 Å². The fourth-order valence-corrected chi connectivity index (χ4v) is 5.25. The first-order valence-corrected chi connectivity index (χ1v) is 11.0. The predicted molar refractivity (Wildman–Crippen MR) is 111 cm³/mol. The summed E-state index contributed by atoms with van der Waals surface area (Å²) < 4.78 is 19.8. The van der Waals surface area contributed by atoms with E-state index in [0.29, 0.717) is 29.0 Å². The average Bonchev–Trinajstić information content (AvgIpc) is 3.37. The molecule has 154 valence electrons. The van der Waals surface area contributed by atoms with E-state index in [1.807, 2.05) is 12.1 Å². The van der Waals surface area contributed by atoms with Crippen LogP contribution in [0.2, 0.25) is 0 Å². The van der Waals surface area contributed by atoms with Crippen molar-refractivity contribution in [1.82, 2.24) is 15.6 Å². The van der Waals surface area contributed by atoms with Crippen molar-refractivity contribution >= 4 is 0 Å². The maximum absolute atomic E-state index is 13.8. The first kappa shape index (κ1) is 19.0. The molecule has 4 nitrogen and oxygen atoms in total. The van der Waals surface area contributed by atoms with Gasteiger partial charge in [-0.1, -0.05) is 18.2 Å². The van der Waals surface area contributed by atoms with Crippen molar-refractivity contribution in [2.45, 2.75) is 63.1 Å². The summed E-state index contributed by atoms with van der Waals surface area (Å²) in [5, 5.41) is 7.46. The molecule has 0 bridgehead atoms. The van der Waals surface area contributed by atoms with Gasteiger partial charge in [-0.05, 0) is 74.2 Å². The molecule has 1 aromatic carbocycles. The van der Waals surface area contributed by atoms with Gasteiger partial charge in [0.1, 0.15) is 12.4 Å². The Morgan fingerprint density at radius 1 is 1.14 bits per heavy atom. The number of halogens is 1. The van der Waals surface area contributed by atoms with Crippen LogP contribution in [-0.4, -0.2) is 30.2 Å². The van der Waals surface area contributed by atoms with Crippen LogP contribution in [0.3, 0.4) is 0 Å². The lowest BCUT2D eigenvalue weighted by atomic mass is 9.72. The van der Waals surface area contributed by atoms with Gasteiger partial charge < -0.3 is 15.4 Å². The van der Waals surface area contributed by atoms with E-state index in [9.17, 15) is 4.39 Å². The molecule has 2 saturated carbocycles. The molecule has 5 rings (SSSR count). The van der Waals surface area contributed by atoms with Crippen LogP contribution in [0.5, 0.6) is 5.75 Å². The van der Waals surface area contributed by atoms with Gasteiger partial charge >= 0.3 is 0 Å². The van der Waals surface area contributed by atoms with Crippen molar-refractivity contribution < 1.29 is 9.13 Å². The average molecular weight is 396 g/mol. The fraction of sp³-hybridized carbons (Fsp3) is 0.542. The van der Waals surface area contributed by atoms with Crippen LogP contribution in [0, 0.1) is 11.4 Å². The molecule has 29 heavy (non-hydrogen) atoms. The van der Waals surface area contributed by atoms with E-state index in [1.54, 1.807) is 12.1 Å². The van der Waals surface area contributed by atoms with Crippen molar-refractivity contribution in [2.75, 3.05) is 13.1 Å². The highest BCUT2D eigenvalue weighted by molar-refractivity contribution is 5.41. The van der Waals surface area contributed by atoms with Gasteiger partial charge in [0, 0.05) is 36.3 Å². The molecule has 0 unspecified atom stereocenters. The van der Waals surface area contributed by atoms with E-state index in [-0.39, 0.29) is 6.61 Å². The van der Waals surface area contributed by atoms with E-state index in [1.165, 1.54) is 57.0 Å². The van der Waals surface area contributed by atoms with Crippen LogP contribution in [-0.2, 0) is 6.61 Å². The number of para-hydroxylation sites is 1. The lowest BCUT2D eigenvalue weighted by Crippen LogP contribution is -2.39. The van der Waals surface area contributed by atoms with Gasteiger partial charge in [-0.25, -0.2) is 4.98 Å². The van der Waals surface area contributed by atoms with E-state index in [0.717, 1.165) is 12.2 Å². The van der Waals surface area contributed by atoms with Gasteiger partial charge in [0.05, 0.1) is 0 Å². The van der Waals surface area contributed by atoms with Crippen molar-refractivity contribution in [2.24, 2.45) is 5.41 Å². The molecule has 3 aliphatic rings. The third-order valence-corrected chi connectivity index (χ3v) is 7.16. The molecular weight excluding hydrogens is 365 g/mol. The van der Waals surface area contributed by atoms with Crippen molar-refractivity contribution in [3.8, 4) is 5.75 Å². The molecule has 5 heteroatoms. The summed E-state index contributed by atoms with van der Waals surface area (Å²) in [4.78, 5) is 3.70. The van der Waals surface area contributed by atoms with Crippen molar-refractivity contribution in [1.29, 1.82) is 0 Å². The molecule has 2 aliphatic carbocycles. The normalized spacial score (nSPS) is 31.1. The van der Waals surface area contributed by atoms with E-state index < -0.39 is 5.95 Å². The molecule has 1 saturated heterocycles. The Bertz CT molecular complexity index is 842. The molecule has 0 amide bonds.